The van der Waals surface area contributed by atoms with E-state index in [1.165, 1.54) is 11.1 Å². The van der Waals surface area contributed by atoms with Crippen LogP contribution in [0.5, 0.6) is 0 Å². The molecule has 3 aliphatic carbocycles. The van der Waals surface area contributed by atoms with Crippen molar-refractivity contribution < 1.29 is 10.2 Å². The molecule has 172 valence electrons. The van der Waals surface area contributed by atoms with E-state index in [4.69, 9.17) is 5.73 Å². The second-order valence-electron chi connectivity index (χ2n) is 11.1. The van der Waals surface area contributed by atoms with Gasteiger partial charge in [-0.15, -0.1) is 0 Å². The van der Waals surface area contributed by atoms with Crippen molar-refractivity contribution in [2.45, 2.75) is 71.1 Å². The zero-order chi connectivity index (χ0) is 22.2. The molecule has 0 saturated heterocycles. The first-order valence-corrected chi connectivity index (χ1v) is 12.3. The summed E-state index contributed by atoms with van der Waals surface area (Å²) in [5.74, 6) is 1.72. The highest BCUT2D eigenvalue weighted by molar-refractivity contribution is 5.26. The van der Waals surface area contributed by atoms with Gasteiger partial charge in [-0.05, 0) is 85.1 Å². The highest BCUT2D eigenvalue weighted by atomic mass is 16.3. The fourth-order valence-corrected chi connectivity index (χ4v) is 7.53. The van der Waals surface area contributed by atoms with E-state index in [1.807, 2.05) is 0 Å². The van der Waals surface area contributed by atoms with E-state index in [1.54, 1.807) is 0 Å². The first-order valence-electron chi connectivity index (χ1n) is 12.3. The van der Waals surface area contributed by atoms with Crippen molar-refractivity contribution in [3.05, 3.63) is 48.0 Å². The topological polar surface area (TPSA) is 78.5 Å². The normalized spacial score (nSPS) is 43.1. The predicted octanol–water partition coefficient (Wildman–Crippen LogP) is 3.87. The average Bonchev–Trinajstić information content (AvgIpc) is 3.00. The van der Waals surface area contributed by atoms with Crippen molar-refractivity contribution in [2.75, 3.05) is 13.2 Å². The third kappa shape index (κ3) is 4.13. The summed E-state index contributed by atoms with van der Waals surface area (Å²) in [7, 11) is 0. The fourth-order valence-electron chi connectivity index (χ4n) is 7.53. The second kappa shape index (κ2) is 8.97. The molecule has 4 heteroatoms. The zero-order valence-electron chi connectivity index (χ0n) is 19.4. The smallest absolute Gasteiger partial charge is 0.0544 e. The van der Waals surface area contributed by atoms with E-state index in [0.29, 0.717) is 17.8 Å². The summed E-state index contributed by atoms with van der Waals surface area (Å²) in [4.78, 5) is 0. The lowest BCUT2D eigenvalue weighted by atomic mass is 9.49. The van der Waals surface area contributed by atoms with Crippen molar-refractivity contribution in [1.82, 2.24) is 5.32 Å². The molecule has 3 unspecified atom stereocenters. The van der Waals surface area contributed by atoms with Gasteiger partial charge in [0.2, 0.25) is 0 Å². The number of aliphatic hydroxyl groups excluding tert-OH is 2. The van der Waals surface area contributed by atoms with Gasteiger partial charge in [0.15, 0.2) is 0 Å². The Morgan fingerprint density at radius 2 is 1.84 bits per heavy atom. The molecular weight excluding hydrogens is 384 g/mol. The zero-order valence-corrected chi connectivity index (χ0v) is 19.4. The highest BCUT2D eigenvalue weighted by Gasteiger charge is 2.58. The molecule has 0 amide bonds. The maximum Gasteiger partial charge on any atom is 0.0544 e. The Balaban J connectivity index is 1.59. The minimum Gasteiger partial charge on any atom is -0.396 e. The third-order valence-corrected chi connectivity index (χ3v) is 9.64. The summed E-state index contributed by atoms with van der Waals surface area (Å²) in [6.07, 6.45) is 5.61. The monoisotopic (exact) mass is 426 g/mol. The van der Waals surface area contributed by atoms with Crippen molar-refractivity contribution in [1.29, 1.82) is 0 Å². The summed E-state index contributed by atoms with van der Waals surface area (Å²) >= 11 is 0. The molecule has 0 radical (unpaired) electrons. The largest absolute Gasteiger partial charge is 0.396 e. The van der Waals surface area contributed by atoms with Gasteiger partial charge in [-0.3, -0.25) is 0 Å². The molecule has 0 aliphatic heterocycles. The summed E-state index contributed by atoms with van der Waals surface area (Å²) in [6, 6.07) is 10.7. The molecule has 0 bridgehead atoms. The molecule has 4 nitrogen and oxygen atoms in total. The molecule has 8 atom stereocenters. The van der Waals surface area contributed by atoms with Gasteiger partial charge in [0.05, 0.1) is 6.10 Å². The number of hydrogen-bond acceptors (Lipinski definition) is 4. The van der Waals surface area contributed by atoms with E-state index in [-0.39, 0.29) is 35.5 Å². The molecule has 1 aromatic carbocycles. The van der Waals surface area contributed by atoms with Crippen LogP contribution in [0, 0.1) is 34.5 Å². The first-order chi connectivity index (χ1) is 14.8. The lowest BCUT2D eigenvalue weighted by Crippen LogP contribution is -2.53. The molecule has 3 aliphatic rings. The lowest BCUT2D eigenvalue weighted by molar-refractivity contribution is -0.0934. The van der Waals surface area contributed by atoms with Crippen LogP contribution in [0.3, 0.4) is 0 Å². The van der Waals surface area contributed by atoms with E-state index in [0.717, 1.165) is 51.6 Å². The summed E-state index contributed by atoms with van der Waals surface area (Å²) in [6.45, 7) is 11.2. The van der Waals surface area contributed by atoms with Crippen LogP contribution < -0.4 is 11.1 Å². The van der Waals surface area contributed by atoms with Crippen LogP contribution in [0.2, 0.25) is 0 Å². The van der Waals surface area contributed by atoms with Crippen LogP contribution in [0.4, 0.5) is 0 Å². The number of rotatable bonds is 6. The van der Waals surface area contributed by atoms with Crippen molar-refractivity contribution in [3.8, 4) is 0 Å². The summed E-state index contributed by atoms with van der Waals surface area (Å²) in [5, 5.41) is 24.3. The third-order valence-electron chi connectivity index (χ3n) is 9.64. The molecule has 5 N–H and O–H groups in total. The second-order valence-corrected chi connectivity index (χ2v) is 11.1. The Morgan fingerprint density at radius 1 is 1.10 bits per heavy atom. The Morgan fingerprint density at radius 3 is 2.55 bits per heavy atom. The number of aliphatic hydroxyl groups is 2. The van der Waals surface area contributed by atoms with Crippen LogP contribution in [0.15, 0.2) is 42.5 Å². The molecule has 3 saturated carbocycles. The fraction of sp³-hybridized carbons (Fsp3) is 0.704. The maximum atomic E-state index is 10.3. The molecule has 1 aromatic rings. The quantitative estimate of drug-likeness (QED) is 0.521. The minimum absolute atomic E-state index is 0.0580. The van der Waals surface area contributed by atoms with E-state index in [2.05, 4.69) is 56.1 Å². The molecular formula is C27H42N2O2. The van der Waals surface area contributed by atoms with E-state index in [9.17, 15) is 10.2 Å². The van der Waals surface area contributed by atoms with Gasteiger partial charge in [-0.2, -0.15) is 0 Å². The molecule has 4 rings (SSSR count). The Hall–Kier alpha value is -1.20. The van der Waals surface area contributed by atoms with Gasteiger partial charge in [-0.25, -0.2) is 0 Å². The average molecular weight is 427 g/mol. The molecule has 31 heavy (non-hydrogen) atoms. The standard InChI is InChI=1S/C27H42N2O2/c1-18-25(28)14-24-22(16-29-15-19-7-5-4-6-8-19)23(10-12-26(18,24)2)27(3)11-9-21(31)13-20(27)17-30/h4-8,20-25,29-31H,1,9-17,28H2,2-3H3/t20-,21+,22-,23?,24?,25?,26-,27+/m1/s1. The molecule has 0 spiro atoms. The number of benzene rings is 1. The summed E-state index contributed by atoms with van der Waals surface area (Å²) in [5.41, 5.74) is 9.27. The molecule has 0 aromatic heterocycles. The van der Waals surface area contributed by atoms with Crippen molar-refractivity contribution >= 4 is 0 Å². The lowest BCUT2D eigenvalue weighted by Gasteiger charge is -2.56. The highest BCUT2D eigenvalue weighted by Crippen LogP contribution is 2.63. The predicted molar refractivity (Wildman–Crippen MR) is 126 cm³/mol. The molecule has 0 heterocycles. The number of nitrogens with one attached hydrogen (secondary N) is 1. The van der Waals surface area contributed by atoms with Gasteiger partial charge in [0.25, 0.3) is 0 Å². The number of nitrogens with two attached hydrogens (primary N) is 1. The number of hydrogen-bond donors (Lipinski definition) is 4. The van der Waals surface area contributed by atoms with Crippen LogP contribution >= 0.6 is 0 Å². The Bertz CT molecular complexity index is 768. The SMILES string of the molecule is C=C1C(N)CC2[C@H](CNCc3ccccc3)C([C@@]3(C)CC[C@H](O)C[C@@H]3CO)CC[C@]12C. The van der Waals surface area contributed by atoms with Crippen LogP contribution in [0.1, 0.15) is 57.9 Å². The van der Waals surface area contributed by atoms with Gasteiger partial charge in [0.1, 0.15) is 0 Å². The van der Waals surface area contributed by atoms with Gasteiger partial charge in [-0.1, -0.05) is 56.3 Å². The van der Waals surface area contributed by atoms with E-state index < -0.39 is 0 Å². The minimum atomic E-state index is -0.270. The van der Waals surface area contributed by atoms with Crippen LogP contribution in [-0.2, 0) is 6.54 Å². The van der Waals surface area contributed by atoms with Crippen molar-refractivity contribution in [3.63, 3.8) is 0 Å². The molecule has 3 fully saturated rings. The summed E-state index contributed by atoms with van der Waals surface area (Å²) < 4.78 is 0. The van der Waals surface area contributed by atoms with Crippen LogP contribution in [-0.4, -0.2) is 35.5 Å². The van der Waals surface area contributed by atoms with Gasteiger partial charge >= 0.3 is 0 Å². The Kier molecular flexibility index (Phi) is 6.65. The van der Waals surface area contributed by atoms with Gasteiger partial charge in [0, 0.05) is 19.2 Å². The van der Waals surface area contributed by atoms with Crippen molar-refractivity contribution in [2.24, 2.45) is 40.2 Å². The number of fused-ring (bicyclic) bond motifs is 1. The van der Waals surface area contributed by atoms with E-state index >= 15 is 0 Å². The first kappa shape index (κ1) is 23.0. The maximum absolute atomic E-state index is 10.3. The Labute approximate surface area is 188 Å². The van der Waals surface area contributed by atoms with Gasteiger partial charge < -0.3 is 21.3 Å². The van der Waals surface area contributed by atoms with Crippen LogP contribution in [0.25, 0.3) is 0 Å².